The molecular weight excluding hydrogens is 216 g/mol. The normalized spacial score (nSPS) is 16.2. The van der Waals surface area contributed by atoms with Crippen molar-refractivity contribution in [3.63, 3.8) is 0 Å². The van der Waals surface area contributed by atoms with Crippen LogP contribution in [-0.4, -0.2) is 50.2 Å². The van der Waals surface area contributed by atoms with Gasteiger partial charge >= 0.3 is 0 Å². The summed E-state index contributed by atoms with van der Waals surface area (Å²) < 4.78 is 5.41. The molecule has 0 unspecified atom stereocenters. The van der Waals surface area contributed by atoms with E-state index in [0.29, 0.717) is 13.2 Å². The van der Waals surface area contributed by atoms with Gasteiger partial charge in [0.25, 0.3) is 0 Å². The summed E-state index contributed by atoms with van der Waals surface area (Å²) in [5.74, 6) is 0.234. The second-order valence-corrected chi connectivity index (χ2v) is 4.58. The van der Waals surface area contributed by atoms with Crippen molar-refractivity contribution in [2.45, 2.75) is 39.0 Å². The third-order valence-corrected chi connectivity index (χ3v) is 3.05. The lowest BCUT2D eigenvalue weighted by molar-refractivity contribution is -0.131. The van der Waals surface area contributed by atoms with Gasteiger partial charge in [0.2, 0.25) is 5.91 Å². The quantitative estimate of drug-likeness (QED) is 0.654. The zero-order valence-electron chi connectivity index (χ0n) is 11.0. The lowest BCUT2D eigenvalue weighted by Gasteiger charge is -2.26. The fourth-order valence-corrected chi connectivity index (χ4v) is 1.94. The van der Waals surface area contributed by atoms with Gasteiger partial charge in [-0.15, -0.1) is 0 Å². The molecule has 1 aliphatic rings. The number of hydrogen-bond donors (Lipinski definition) is 1. The van der Waals surface area contributed by atoms with Gasteiger partial charge < -0.3 is 15.0 Å². The van der Waals surface area contributed by atoms with E-state index >= 15 is 0 Å². The van der Waals surface area contributed by atoms with Crippen molar-refractivity contribution in [2.24, 2.45) is 0 Å². The standard InChI is InChI=1S/C13H26N2O2/c1-2-3-10-17-11-7-14-12-13(16)15-8-5-4-6-9-15/h14H,2-12H2,1H3. The molecule has 0 aromatic heterocycles. The molecular formula is C13H26N2O2. The first kappa shape index (κ1) is 14.5. The highest BCUT2D eigenvalue weighted by atomic mass is 16.5. The van der Waals surface area contributed by atoms with E-state index in [9.17, 15) is 4.79 Å². The molecule has 1 saturated heterocycles. The van der Waals surface area contributed by atoms with E-state index < -0.39 is 0 Å². The molecule has 0 spiro atoms. The highest BCUT2D eigenvalue weighted by Gasteiger charge is 2.15. The first-order valence-corrected chi connectivity index (χ1v) is 6.91. The third-order valence-electron chi connectivity index (χ3n) is 3.05. The summed E-state index contributed by atoms with van der Waals surface area (Å²) in [6.07, 6.45) is 5.87. The number of nitrogens with zero attached hydrogens (tertiary/aromatic N) is 1. The maximum Gasteiger partial charge on any atom is 0.236 e. The second kappa shape index (κ2) is 9.42. The van der Waals surface area contributed by atoms with Crippen molar-refractivity contribution in [1.82, 2.24) is 10.2 Å². The van der Waals surface area contributed by atoms with Gasteiger partial charge in [-0.25, -0.2) is 0 Å². The van der Waals surface area contributed by atoms with E-state index in [2.05, 4.69) is 12.2 Å². The van der Waals surface area contributed by atoms with E-state index in [4.69, 9.17) is 4.74 Å². The number of likely N-dealkylation sites (tertiary alicyclic amines) is 1. The SMILES string of the molecule is CCCCOCCNCC(=O)N1CCCCC1. The minimum absolute atomic E-state index is 0.234. The Morgan fingerprint density at radius 1 is 1.24 bits per heavy atom. The lowest BCUT2D eigenvalue weighted by Crippen LogP contribution is -2.41. The van der Waals surface area contributed by atoms with Gasteiger partial charge in [0, 0.05) is 26.2 Å². The van der Waals surface area contributed by atoms with E-state index in [1.807, 2.05) is 4.90 Å². The molecule has 1 N–H and O–H groups in total. The monoisotopic (exact) mass is 242 g/mol. The molecule has 0 aromatic carbocycles. The average molecular weight is 242 g/mol. The van der Waals surface area contributed by atoms with Crippen LogP contribution in [0.15, 0.2) is 0 Å². The van der Waals surface area contributed by atoms with Crippen LogP contribution in [0.3, 0.4) is 0 Å². The Morgan fingerprint density at radius 2 is 2.00 bits per heavy atom. The maximum atomic E-state index is 11.8. The van der Waals surface area contributed by atoms with Crippen LogP contribution in [0.25, 0.3) is 0 Å². The van der Waals surface area contributed by atoms with Crippen LogP contribution in [0.2, 0.25) is 0 Å². The van der Waals surface area contributed by atoms with Crippen molar-refractivity contribution in [1.29, 1.82) is 0 Å². The van der Waals surface area contributed by atoms with Crippen molar-refractivity contribution in [2.75, 3.05) is 39.4 Å². The summed E-state index contributed by atoms with van der Waals surface area (Å²) in [5, 5.41) is 3.14. The summed E-state index contributed by atoms with van der Waals surface area (Å²) in [7, 11) is 0. The molecule has 100 valence electrons. The molecule has 1 heterocycles. The predicted molar refractivity (Wildman–Crippen MR) is 69.0 cm³/mol. The molecule has 4 heteroatoms. The van der Waals surface area contributed by atoms with Gasteiger partial charge in [-0.05, 0) is 25.7 Å². The fraction of sp³-hybridized carbons (Fsp3) is 0.923. The van der Waals surface area contributed by atoms with Gasteiger partial charge in [-0.3, -0.25) is 4.79 Å². The van der Waals surface area contributed by atoms with E-state index in [-0.39, 0.29) is 5.91 Å². The Kier molecular flexibility index (Phi) is 8.01. The van der Waals surface area contributed by atoms with Crippen LogP contribution in [0.4, 0.5) is 0 Å². The van der Waals surface area contributed by atoms with Crippen molar-refractivity contribution < 1.29 is 9.53 Å². The first-order valence-electron chi connectivity index (χ1n) is 6.91. The molecule has 0 saturated carbocycles. The number of amides is 1. The van der Waals surface area contributed by atoms with Gasteiger partial charge in [0.15, 0.2) is 0 Å². The minimum atomic E-state index is 0.234. The Hall–Kier alpha value is -0.610. The number of ether oxygens (including phenoxy) is 1. The number of rotatable bonds is 8. The number of carbonyl (C=O) groups is 1. The smallest absolute Gasteiger partial charge is 0.236 e. The molecule has 0 aliphatic carbocycles. The Labute approximate surface area is 105 Å². The molecule has 0 aromatic rings. The minimum Gasteiger partial charge on any atom is -0.380 e. The number of nitrogens with one attached hydrogen (secondary N) is 1. The van der Waals surface area contributed by atoms with Gasteiger partial charge in [0.1, 0.15) is 0 Å². The largest absolute Gasteiger partial charge is 0.380 e. The van der Waals surface area contributed by atoms with Crippen LogP contribution in [0, 0.1) is 0 Å². The molecule has 1 rings (SSSR count). The highest BCUT2D eigenvalue weighted by Crippen LogP contribution is 2.07. The summed E-state index contributed by atoms with van der Waals surface area (Å²) in [5.41, 5.74) is 0. The third kappa shape index (κ3) is 6.64. The summed E-state index contributed by atoms with van der Waals surface area (Å²) in [6.45, 7) is 6.78. The van der Waals surface area contributed by atoms with Gasteiger partial charge in [-0.2, -0.15) is 0 Å². The molecule has 17 heavy (non-hydrogen) atoms. The van der Waals surface area contributed by atoms with Gasteiger partial charge in [-0.1, -0.05) is 13.3 Å². The summed E-state index contributed by atoms with van der Waals surface area (Å²) in [4.78, 5) is 13.7. The van der Waals surface area contributed by atoms with Gasteiger partial charge in [0.05, 0.1) is 13.2 Å². The van der Waals surface area contributed by atoms with Crippen molar-refractivity contribution in [3.05, 3.63) is 0 Å². The Morgan fingerprint density at radius 3 is 2.71 bits per heavy atom. The predicted octanol–water partition coefficient (Wildman–Crippen LogP) is 1.41. The number of carbonyl (C=O) groups excluding carboxylic acids is 1. The zero-order chi connectivity index (χ0) is 12.3. The maximum absolute atomic E-state index is 11.8. The summed E-state index contributed by atoms with van der Waals surface area (Å²) >= 11 is 0. The van der Waals surface area contributed by atoms with Crippen LogP contribution in [-0.2, 0) is 9.53 Å². The Bertz CT molecular complexity index is 204. The summed E-state index contributed by atoms with van der Waals surface area (Å²) in [6, 6.07) is 0. The fourth-order valence-electron chi connectivity index (χ4n) is 1.94. The molecule has 0 radical (unpaired) electrons. The zero-order valence-corrected chi connectivity index (χ0v) is 11.0. The van der Waals surface area contributed by atoms with E-state index in [0.717, 1.165) is 45.5 Å². The molecule has 0 atom stereocenters. The lowest BCUT2D eigenvalue weighted by atomic mass is 10.1. The van der Waals surface area contributed by atoms with Crippen LogP contribution in [0.1, 0.15) is 39.0 Å². The molecule has 1 aliphatic heterocycles. The molecule has 1 amide bonds. The van der Waals surface area contributed by atoms with Crippen LogP contribution in [0.5, 0.6) is 0 Å². The first-order chi connectivity index (χ1) is 8.34. The van der Waals surface area contributed by atoms with Crippen LogP contribution < -0.4 is 5.32 Å². The van der Waals surface area contributed by atoms with E-state index in [1.54, 1.807) is 0 Å². The highest BCUT2D eigenvalue weighted by molar-refractivity contribution is 5.78. The number of unbranched alkanes of at least 4 members (excludes halogenated alkanes) is 1. The topological polar surface area (TPSA) is 41.6 Å². The van der Waals surface area contributed by atoms with Crippen molar-refractivity contribution in [3.8, 4) is 0 Å². The van der Waals surface area contributed by atoms with Crippen molar-refractivity contribution >= 4 is 5.91 Å². The Balaban J connectivity index is 1.92. The second-order valence-electron chi connectivity index (χ2n) is 4.58. The van der Waals surface area contributed by atoms with E-state index in [1.165, 1.54) is 12.8 Å². The molecule has 0 bridgehead atoms. The number of piperidine rings is 1. The molecule has 4 nitrogen and oxygen atoms in total. The number of hydrogen-bond acceptors (Lipinski definition) is 3. The van der Waals surface area contributed by atoms with Crippen LogP contribution >= 0.6 is 0 Å². The molecule has 1 fully saturated rings. The average Bonchev–Trinajstić information content (AvgIpc) is 2.38.